The second-order valence-corrected chi connectivity index (χ2v) is 8.93. The van der Waals surface area contributed by atoms with E-state index in [0.717, 1.165) is 32.0 Å². The number of aryl methyl sites for hydroxylation is 1. The molecule has 5 nitrogen and oxygen atoms in total. The number of hydrogen-bond acceptors (Lipinski definition) is 6. The van der Waals surface area contributed by atoms with Gasteiger partial charge in [-0.05, 0) is 68.4 Å². The van der Waals surface area contributed by atoms with Gasteiger partial charge in [0.25, 0.3) is 11.1 Å². The first-order chi connectivity index (χ1) is 13.8. The third-order valence-electron chi connectivity index (χ3n) is 3.96. The molecule has 0 N–H and O–H groups in total. The Kier molecular flexibility index (Phi) is 6.82. The molecule has 29 heavy (non-hydrogen) atoms. The Morgan fingerprint density at radius 2 is 1.66 bits per heavy atom. The Balaban J connectivity index is 1.66. The van der Waals surface area contributed by atoms with E-state index in [2.05, 4.69) is 31.2 Å². The number of rotatable bonds is 6. The molecule has 2 aromatic carbocycles. The number of esters is 1. The quantitative estimate of drug-likeness (QED) is 0.470. The van der Waals surface area contributed by atoms with E-state index in [1.807, 2.05) is 24.3 Å². The van der Waals surface area contributed by atoms with Gasteiger partial charge in [0.2, 0.25) is 0 Å². The zero-order valence-corrected chi connectivity index (χ0v) is 18.0. The average Bonchev–Trinajstić information content (AvgIpc) is 2.92. The SMILES string of the molecule is Cc1ccc(Sc2ccc(/C=C3/SC(=O)N(CC(=O)OC(C)C)C3=O)cc2)cc1. The van der Waals surface area contributed by atoms with Crippen molar-refractivity contribution in [1.29, 1.82) is 0 Å². The minimum absolute atomic E-state index is 0.297. The van der Waals surface area contributed by atoms with Crippen molar-refractivity contribution in [3.05, 3.63) is 64.6 Å². The molecule has 1 saturated heterocycles. The van der Waals surface area contributed by atoms with E-state index in [9.17, 15) is 14.4 Å². The van der Waals surface area contributed by atoms with Gasteiger partial charge in [-0.15, -0.1) is 0 Å². The van der Waals surface area contributed by atoms with Crippen LogP contribution in [0.25, 0.3) is 6.08 Å². The van der Waals surface area contributed by atoms with Crippen LogP contribution < -0.4 is 0 Å². The van der Waals surface area contributed by atoms with Crippen molar-refractivity contribution in [3.8, 4) is 0 Å². The molecule has 0 spiro atoms. The second-order valence-electron chi connectivity index (χ2n) is 6.79. The van der Waals surface area contributed by atoms with Gasteiger partial charge in [0.1, 0.15) is 6.54 Å². The van der Waals surface area contributed by atoms with Crippen LogP contribution in [0.4, 0.5) is 4.79 Å². The molecular formula is C22H21NO4S2. The number of thioether (sulfide) groups is 1. The van der Waals surface area contributed by atoms with E-state index in [1.54, 1.807) is 31.7 Å². The molecule has 0 saturated carbocycles. The summed E-state index contributed by atoms with van der Waals surface area (Å²) < 4.78 is 5.01. The molecule has 2 aromatic rings. The Labute approximate surface area is 178 Å². The molecule has 0 radical (unpaired) electrons. The predicted octanol–water partition coefficient (Wildman–Crippen LogP) is 5.13. The number of benzene rings is 2. The van der Waals surface area contributed by atoms with Gasteiger partial charge in [-0.25, -0.2) is 0 Å². The normalized spacial score (nSPS) is 15.4. The van der Waals surface area contributed by atoms with Crippen LogP contribution in [0.1, 0.15) is 25.0 Å². The number of nitrogens with zero attached hydrogens (tertiary/aromatic N) is 1. The Morgan fingerprint density at radius 1 is 1.07 bits per heavy atom. The fraction of sp³-hybridized carbons (Fsp3) is 0.227. The minimum Gasteiger partial charge on any atom is -0.462 e. The largest absolute Gasteiger partial charge is 0.462 e. The topological polar surface area (TPSA) is 63.7 Å². The molecular weight excluding hydrogens is 406 g/mol. The number of imide groups is 1. The van der Waals surface area contributed by atoms with Gasteiger partial charge < -0.3 is 4.74 Å². The first-order valence-electron chi connectivity index (χ1n) is 9.11. The van der Waals surface area contributed by atoms with Gasteiger partial charge in [0, 0.05) is 9.79 Å². The Hall–Kier alpha value is -2.51. The number of carbonyl (C=O) groups is 3. The van der Waals surface area contributed by atoms with Crippen molar-refractivity contribution in [2.45, 2.75) is 36.7 Å². The van der Waals surface area contributed by atoms with Crippen LogP contribution in [-0.4, -0.2) is 34.7 Å². The number of amides is 2. The molecule has 7 heteroatoms. The summed E-state index contributed by atoms with van der Waals surface area (Å²) in [5.41, 5.74) is 2.03. The molecule has 2 amide bonds. The molecule has 0 aromatic heterocycles. The number of hydrogen-bond donors (Lipinski definition) is 0. The highest BCUT2D eigenvalue weighted by atomic mass is 32.2. The Morgan fingerprint density at radius 3 is 2.24 bits per heavy atom. The van der Waals surface area contributed by atoms with Crippen LogP contribution in [0.15, 0.2) is 63.2 Å². The van der Waals surface area contributed by atoms with E-state index < -0.39 is 17.1 Å². The van der Waals surface area contributed by atoms with E-state index in [0.29, 0.717) is 4.91 Å². The lowest BCUT2D eigenvalue weighted by atomic mass is 10.2. The van der Waals surface area contributed by atoms with Crippen molar-refractivity contribution >= 4 is 46.7 Å². The first kappa shape index (κ1) is 21.2. The summed E-state index contributed by atoms with van der Waals surface area (Å²) in [7, 11) is 0. The van der Waals surface area contributed by atoms with Crippen molar-refractivity contribution in [2.75, 3.05) is 6.54 Å². The van der Waals surface area contributed by atoms with Crippen LogP contribution in [0.2, 0.25) is 0 Å². The van der Waals surface area contributed by atoms with Gasteiger partial charge >= 0.3 is 5.97 Å². The fourth-order valence-electron chi connectivity index (χ4n) is 2.59. The average molecular weight is 428 g/mol. The van der Waals surface area contributed by atoms with Crippen molar-refractivity contribution in [1.82, 2.24) is 4.90 Å². The van der Waals surface area contributed by atoms with E-state index in [4.69, 9.17) is 4.74 Å². The van der Waals surface area contributed by atoms with E-state index >= 15 is 0 Å². The lowest BCUT2D eigenvalue weighted by molar-refractivity contribution is -0.149. The third kappa shape index (κ3) is 5.74. The van der Waals surface area contributed by atoms with Gasteiger partial charge in [0.15, 0.2) is 0 Å². The molecule has 1 aliphatic rings. The summed E-state index contributed by atoms with van der Waals surface area (Å²) in [5, 5.41) is -0.464. The van der Waals surface area contributed by atoms with Gasteiger partial charge in [-0.3, -0.25) is 19.3 Å². The molecule has 3 rings (SSSR count). The number of ether oxygens (including phenoxy) is 1. The molecule has 0 atom stereocenters. The first-order valence-corrected chi connectivity index (χ1v) is 10.7. The van der Waals surface area contributed by atoms with Crippen LogP contribution in [-0.2, 0) is 14.3 Å². The maximum atomic E-state index is 12.5. The summed E-state index contributed by atoms with van der Waals surface area (Å²) in [6, 6.07) is 16.0. The predicted molar refractivity (Wildman–Crippen MR) is 116 cm³/mol. The van der Waals surface area contributed by atoms with Crippen molar-refractivity contribution in [3.63, 3.8) is 0 Å². The summed E-state index contributed by atoms with van der Waals surface area (Å²) in [5.74, 6) is -1.07. The van der Waals surface area contributed by atoms with Crippen molar-refractivity contribution in [2.24, 2.45) is 0 Å². The maximum Gasteiger partial charge on any atom is 0.326 e. The minimum atomic E-state index is -0.596. The molecule has 150 valence electrons. The molecule has 0 bridgehead atoms. The standard InChI is InChI=1S/C22H21NO4S2/c1-14(2)27-20(24)13-23-21(25)19(29-22(23)26)12-16-6-10-18(11-7-16)28-17-8-4-15(3)5-9-17/h4-12,14H,13H2,1-3H3/b19-12+. The highest BCUT2D eigenvalue weighted by Crippen LogP contribution is 2.33. The molecule has 1 heterocycles. The van der Waals surface area contributed by atoms with E-state index in [-0.39, 0.29) is 12.6 Å². The summed E-state index contributed by atoms with van der Waals surface area (Å²) in [6.45, 7) is 5.11. The zero-order chi connectivity index (χ0) is 21.0. The summed E-state index contributed by atoms with van der Waals surface area (Å²) in [6.07, 6.45) is 1.37. The second kappa shape index (κ2) is 9.33. The summed E-state index contributed by atoms with van der Waals surface area (Å²) in [4.78, 5) is 39.8. The van der Waals surface area contributed by atoms with Crippen molar-refractivity contribution < 1.29 is 19.1 Å². The summed E-state index contributed by atoms with van der Waals surface area (Å²) >= 11 is 2.49. The zero-order valence-electron chi connectivity index (χ0n) is 16.4. The number of carbonyl (C=O) groups excluding carboxylic acids is 3. The highest BCUT2D eigenvalue weighted by Gasteiger charge is 2.36. The highest BCUT2D eigenvalue weighted by molar-refractivity contribution is 8.18. The maximum absolute atomic E-state index is 12.5. The fourth-order valence-corrected chi connectivity index (χ4v) is 4.25. The van der Waals surface area contributed by atoms with E-state index in [1.165, 1.54) is 5.56 Å². The van der Waals surface area contributed by atoms with Gasteiger partial charge in [0.05, 0.1) is 11.0 Å². The molecule has 1 fully saturated rings. The van der Waals surface area contributed by atoms with Crippen LogP contribution in [0.5, 0.6) is 0 Å². The van der Waals surface area contributed by atoms with Crippen LogP contribution >= 0.6 is 23.5 Å². The van der Waals surface area contributed by atoms with Crippen LogP contribution in [0, 0.1) is 6.92 Å². The smallest absolute Gasteiger partial charge is 0.326 e. The lowest BCUT2D eigenvalue weighted by Gasteiger charge is -2.13. The lowest BCUT2D eigenvalue weighted by Crippen LogP contribution is -2.35. The van der Waals surface area contributed by atoms with Gasteiger partial charge in [-0.1, -0.05) is 41.6 Å². The molecule has 0 unspecified atom stereocenters. The molecule has 1 aliphatic heterocycles. The van der Waals surface area contributed by atoms with Gasteiger partial charge in [-0.2, -0.15) is 0 Å². The monoisotopic (exact) mass is 427 g/mol. The molecule has 0 aliphatic carbocycles. The third-order valence-corrected chi connectivity index (χ3v) is 5.89. The van der Waals surface area contributed by atoms with Crippen LogP contribution in [0.3, 0.4) is 0 Å². The Bertz CT molecular complexity index is 950.